The van der Waals surface area contributed by atoms with Gasteiger partial charge >= 0.3 is 0 Å². The lowest BCUT2D eigenvalue weighted by molar-refractivity contribution is -0.0423. The van der Waals surface area contributed by atoms with Crippen LogP contribution in [0.25, 0.3) is 0 Å². The van der Waals surface area contributed by atoms with Crippen LogP contribution in [0.1, 0.15) is 11.9 Å². The van der Waals surface area contributed by atoms with E-state index in [0.717, 1.165) is 0 Å². The predicted molar refractivity (Wildman–Crippen MR) is 48.7 cm³/mol. The summed E-state index contributed by atoms with van der Waals surface area (Å²) in [4.78, 5) is 0. The fourth-order valence-electron chi connectivity index (χ4n) is 0.740. The summed E-state index contributed by atoms with van der Waals surface area (Å²) in [5.41, 5.74) is 0.145. The number of halogens is 3. The summed E-state index contributed by atoms with van der Waals surface area (Å²) >= 11 is 16.9. The Morgan fingerprint density at radius 2 is 1.58 bits per heavy atom. The highest BCUT2D eigenvalue weighted by Crippen LogP contribution is 2.34. The van der Waals surface area contributed by atoms with Crippen LogP contribution in [0.5, 0.6) is 0 Å². The number of rotatable bonds is 1. The Labute approximate surface area is 84.3 Å². The highest BCUT2D eigenvalue weighted by atomic mass is 35.5. The van der Waals surface area contributed by atoms with Crippen molar-refractivity contribution in [2.45, 2.75) is 6.29 Å². The fraction of sp³-hybridized carbons (Fsp3) is 0.143. The molecule has 2 nitrogen and oxygen atoms in total. The molecule has 0 aliphatic rings. The van der Waals surface area contributed by atoms with Crippen molar-refractivity contribution in [2.24, 2.45) is 0 Å². The van der Waals surface area contributed by atoms with Gasteiger partial charge in [-0.25, -0.2) is 0 Å². The van der Waals surface area contributed by atoms with Crippen molar-refractivity contribution >= 4 is 34.8 Å². The second kappa shape index (κ2) is 3.81. The lowest BCUT2D eigenvalue weighted by Crippen LogP contribution is -1.95. The minimum absolute atomic E-state index is 0.0687. The molecule has 0 fully saturated rings. The monoisotopic (exact) mass is 226 g/mol. The third kappa shape index (κ3) is 1.84. The fourth-order valence-corrected chi connectivity index (χ4v) is 1.38. The van der Waals surface area contributed by atoms with Crippen molar-refractivity contribution in [3.05, 3.63) is 32.8 Å². The Balaban J connectivity index is 3.27. The number of hydrogen-bond acceptors (Lipinski definition) is 2. The molecule has 2 N–H and O–H groups in total. The summed E-state index contributed by atoms with van der Waals surface area (Å²) in [5.74, 6) is 0. The topological polar surface area (TPSA) is 40.5 Å². The lowest BCUT2D eigenvalue weighted by Gasteiger charge is -2.07. The molecular formula is C7H5Cl3O2. The summed E-state index contributed by atoms with van der Waals surface area (Å²) in [6.45, 7) is 0. The average Bonchev–Trinajstić information content (AvgIpc) is 2.00. The van der Waals surface area contributed by atoms with Crippen LogP contribution >= 0.6 is 34.8 Å². The Morgan fingerprint density at radius 3 is 2.08 bits per heavy atom. The zero-order chi connectivity index (χ0) is 9.30. The molecule has 0 aromatic heterocycles. The zero-order valence-corrected chi connectivity index (χ0v) is 8.03. The Kier molecular flexibility index (Phi) is 3.21. The van der Waals surface area contributed by atoms with Gasteiger partial charge < -0.3 is 10.2 Å². The molecule has 66 valence electrons. The van der Waals surface area contributed by atoms with Gasteiger partial charge in [-0.2, -0.15) is 0 Å². The largest absolute Gasteiger partial charge is 0.364 e. The van der Waals surface area contributed by atoms with Crippen LogP contribution in [-0.4, -0.2) is 10.2 Å². The van der Waals surface area contributed by atoms with Crippen molar-refractivity contribution in [1.29, 1.82) is 0 Å². The van der Waals surface area contributed by atoms with Crippen molar-refractivity contribution in [3.63, 3.8) is 0 Å². The third-order valence-corrected chi connectivity index (χ3v) is 2.65. The van der Waals surface area contributed by atoms with Crippen LogP contribution in [0.4, 0.5) is 0 Å². The van der Waals surface area contributed by atoms with Crippen LogP contribution in [-0.2, 0) is 0 Å². The number of aliphatic hydroxyl groups is 2. The van der Waals surface area contributed by atoms with Gasteiger partial charge in [0.05, 0.1) is 15.1 Å². The second-order valence-corrected chi connectivity index (χ2v) is 3.30. The molecular weight excluding hydrogens is 222 g/mol. The van der Waals surface area contributed by atoms with E-state index in [1.165, 1.54) is 12.1 Å². The number of aliphatic hydroxyl groups excluding tert-OH is 1. The van der Waals surface area contributed by atoms with E-state index in [9.17, 15) is 0 Å². The summed E-state index contributed by atoms with van der Waals surface area (Å²) in [6.07, 6.45) is -1.63. The molecule has 0 unspecified atom stereocenters. The van der Waals surface area contributed by atoms with Crippen molar-refractivity contribution in [2.75, 3.05) is 0 Å². The molecule has 0 radical (unpaired) electrons. The Hall–Kier alpha value is 0.01000. The lowest BCUT2D eigenvalue weighted by atomic mass is 10.2. The molecule has 5 heteroatoms. The van der Waals surface area contributed by atoms with Gasteiger partial charge in [-0.15, -0.1) is 0 Å². The van der Waals surface area contributed by atoms with E-state index in [0.29, 0.717) is 0 Å². The summed E-state index contributed by atoms with van der Waals surface area (Å²) in [5, 5.41) is 18.1. The standard InChI is InChI=1S/C7H5Cl3O2/c8-4-2-1-3(7(11)12)5(9)6(4)10/h1-2,7,11-12H. The van der Waals surface area contributed by atoms with Gasteiger partial charge in [-0.05, 0) is 6.07 Å². The van der Waals surface area contributed by atoms with Crippen LogP contribution in [0.15, 0.2) is 12.1 Å². The summed E-state index contributed by atoms with van der Waals surface area (Å²) in [6, 6.07) is 2.85. The number of benzene rings is 1. The summed E-state index contributed by atoms with van der Waals surface area (Å²) in [7, 11) is 0. The van der Waals surface area contributed by atoms with Crippen molar-refractivity contribution < 1.29 is 10.2 Å². The van der Waals surface area contributed by atoms with E-state index in [1.807, 2.05) is 0 Å². The molecule has 1 aromatic carbocycles. The Morgan fingerprint density at radius 1 is 1.00 bits per heavy atom. The van der Waals surface area contributed by atoms with Crippen LogP contribution in [0.2, 0.25) is 15.1 Å². The molecule has 1 aromatic rings. The molecule has 0 aliphatic carbocycles. The molecule has 0 atom stereocenters. The van der Waals surface area contributed by atoms with E-state index in [-0.39, 0.29) is 20.6 Å². The van der Waals surface area contributed by atoms with Crippen molar-refractivity contribution in [1.82, 2.24) is 0 Å². The molecule has 0 saturated heterocycles. The number of hydrogen-bond donors (Lipinski definition) is 2. The molecule has 0 amide bonds. The maximum atomic E-state index is 8.79. The van der Waals surface area contributed by atoms with Crippen LogP contribution < -0.4 is 0 Å². The maximum Gasteiger partial charge on any atom is 0.179 e. The molecule has 0 saturated carbocycles. The minimum Gasteiger partial charge on any atom is -0.364 e. The van der Waals surface area contributed by atoms with Gasteiger partial charge in [-0.3, -0.25) is 0 Å². The van der Waals surface area contributed by atoms with Gasteiger partial charge in [0.25, 0.3) is 0 Å². The summed E-state index contributed by atoms with van der Waals surface area (Å²) < 4.78 is 0. The maximum absolute atomic E-state index is 8.79. The van der Waals surface area contributed by atoms with E-state index in [1.54, 1.807) is 0 Å². The molecule has 1 rings (SSSR count). The molecule has 12 heavy (non-hydrogen) atoms. The van der Waals surface area contributed by atoms with E-state index < -0.39 is 6.29 Å². The quantitative estimate of drug-likeness (QED) is 0.572. The predicted octanol–water partition coefficient (Wildman–Crippen LogP) is 2.63. The first-order chi connectivity index (χ1) is 5.54. The van der Waals surface area contributed by atoms with Gasteiger partial charge in [0, 0.05) is 5.56 Å². The van der Waals surface area contributed by atoms with Gasteiger partial charge in [0.1, 0.15) is 0 Å². The van der Waals surface area contributed by atoms with E-state index >= 15 is 0 Å². The van der Waals surface area contributed by atoms with Crippen molar-refractivity contribution in [3.8, 4) is 0 Å². The molecule has 0 spiro atoms. The minimum atomic E-state index is -1.63. The average molecular weight is 227 g/mol. The smallest absolute Gasteiger partial charge is 0.179 e. The van der Waals surface area contributed by atoms with Gasteiger partial charge in [0.2, 0.25) is 0 Å². The SMILES string of the molecule is OC(O)c1ccc(Cl)c(Cl)c1Cl. The molecule has 0 aliphatic heterocycles. The van der Waals surface area contributed by atoms with E-state index in [4.69, 9.17) is 45.0 Å². The normalized spacial score (nSPS) is 10.8. The first-order valence-corrected chi connectivity index (χ1v) is 4.17. The van der Waals surface area contributed by atoms with Gasteiger partial charge in [-0.1, -0.05) is 40.9 Å². The molecule has 0 heterocycles. The second-order valence-electron chi connectivity index (χ2n) is 2.14. The molecule has 0 bridgehead atoms. The van der Waals surface area contributed by atoms with Crippen LogP contribution in [0, 0.1) is 0 Å². The first kappa shape index (κ1) is 10.1. The Bertz CT molecular complexity index is 299. The third-order valence-electron chi connectivity index (χ3n) is 1.34. The first-order valence-electron chi connectivity index (χ1n) is 3.03. The van der Waals surface area contributed by atoms with Crippen LogP contribution in [0.3, 0.4) is 0 Å². The van der Waals surface area contributed by atoms with E-state index in [2.05, 4.69) is 0 Å². The zero-order valence-electron chi connectivity index (χ0n) is 5.76. The highest BCUT2D eigenvalue weighted by molar-refractivity contribution is 6.48. The van der Waals surface area contributed by atoms with Gasteiger partial charge in [0.15, 0.2) is 6.29 Å². The highest BCUT2D eigenvalue weighted by Gasteiger charge is 2.12.